The van der Waals surface area contributed by atoms with Gasteiger partial charge in [-0.2, -0.15) is 0 Å². The number of hydrogen-bond acceptors (Lipinski definition) is 4. The van der Waals surface area contributed by atoms with Gasteiger partial charge in [0.05, 0.1) is 16.8 Å². The molecular formula is C13H13FN4O3. The Bertz CT molecular complexity index is 711. The number of benzene rings is 1. The van der Waals surface area contributed by atoms with Crippen molar-refractivity contribution in [3.05, 3.63) is 52.1 Å². The van der Waals surface area contributed by atoms with Crippen molar-refractivity contribution in [3.63, 3.8) is 0 Å². The summed E-state index contributed by atoms with van der Waals surface area (Å²) in [5, 5.41) is 13.3. The van der Waals surface area contributed by atoms with Gasteiger partial charge in [0.15, 0.2) is 0 Å². The van der Waals surface area contributed by atoms with Crippen LogP contribution in [0, 0.1) is 15.9 Å². The quantitative estimate of drug-likeness (QED) is 0.513. The van der Waals surface area contributed by atoms with Crippen molar-refractivity contribution in [3.8, 4) is 0 Å². The van der Waals surface area contributed by atoms with E-state index >= 15 is 0 Å². The molecule has 0 spiro atoms. The van der Waals surface area contributed by atoms with Crippen molar-refractivity contribution in [2.45, 2.75) is 13.5 Å². The van der Waals surface area contributed by atoms with Crippen molar-refractivity contribution < 1.29 is 14.1 Å². The number of halogens is 1. The fourth-order valence-corrected chi connectivity index (χ4v) is 1.86. The highest BCUT2D eigenvalue weighted by molar-refractivity contribution is 6.03. The molecule has 0 aliphatic rings. The molecule has 0 atom stereocenters. The third-order valence-electron chi connectivity index (χ3n) is 2.92. The minimum absolute atomic E-state index is 0.0929. The van der Waals surface area contributed by atoms with Crippen LogP contribution in [-0.2, 0) is 6.54 Å². The molecule has 0 fully saturated rings. The van der Waals surface area contributed by atoms with Crippen LogP contribution < -0.4 is 11.1 Å². The monoisotopic (exact) mass is 292 g/mol. The van der Waals surface area contributed by atoms with E-state index in [0.717, 1.165) is 6.07 Å². The molecule has 8 heteroatoms. The Morgan fingerprint density at radius 1 is 1.48 bits per heavy atom. The second-order valence-electron chi connectivity index (χ2n) is 4.32. The number of nitrogens with one attached hydrogen (secondary N) is 1. The van der Waals surface area contributed by atoms with Gasteiger partial charge in [0.2, 0.25) is 0 Å². The molecule has 2 rings (SSSR count). The van der Waals surface area contributed by atoms with E-state index in [1.54, 1.807) is 6.92 Å². The number of aryl methyl sites for hydroxylation is 1. The highest BCUT2D eigenvalue weighted by Gasteiger charge is 2.18. The van der Waals surface area contributed by atoms with Gasteiger partial charge in [-0.1, -0.05) is 0 Å². The van der Waals surface area contributed by atoms with Gasteiger partial charge in [-0.25, -0.2) is 4.39 Å². The standard InChI is InChI=1S/C13H13FN4O3/c1-2-17-7-9(18(20)21)6-12(17)13(19)16-8-3-4-10(14)11(15)5-8/h3-7H,2,15H2,1H3,(H,16,19). The second-order valence-corrected chi connectivity index (χ2v) is 4.32. The summed E-state index contributed by atoms with van der Waals surface area (Å²) in [6, 6.07) is 4.95. The van der Waals surface area contributed by atoms with Crippen LogP contribution >= 0.6 is 0 Å². The van der Waals surface area contributed by atoms with Crippen LogP contribution in [0.25, 0.3) is 0 Å². The maximum Gasteiger partial charge on any atom is 0.287 e. The Balaban J connectivity index is 2.27. The van der Waals surface area contributed by atoms with E-state index in [0.29, 0.717) is 12.2 Å². The lowest BCUT2D eigenvalue weighted by molar-refractivity contribution is -0.384. The van der Waals surface area contributed by atoms with Gasteiger partial charge in [0.1, 0.15) is 11.5 Å². The van der Waals surface area contributed by atoms with Gasteiger partial charge >= 0.3 is 0 Å². The highest BCUT2D eigenvalue weighted by atomic mass is 19.1. The number of nitrogen functional groups attached to an aromatic ring is 1. The molecule has 1 heterocycles. The number of nitrogens with two attached hydrogens (primary N) is 1. The van der Waals surface area contributed by atoms with Gasteiger partial charge in [0, 0.05) is 18.3 Å². The number of amides is 1. The van der Waals surface area contributed by atoms with Gasteiger partial charge in [0.25, 0.3) is 11.6 Å². The maximum absolute atomic E-state index is 13.1. The van der Waals surface area contributed by atoms with E-state index in [-0.39, 0.29) is 17.1 Å². The molecular weight excluding hydrogens is 279 g/mol. The molecule has 0 aliphatic heterocycles. The van der Waals surface area contributed by atoms with E-state index < -0.39 is 16.6 Å². The Kier molecular flexibility index (Phi) is 3.88. The lowest BCUT2D eigenvalue weighted by Crippen LogP contribution is -2.16. The summed E-state index contributed by atoms with van der Waals surface area (Å²) in [5.74, 6) is -1.11. The van der Waals surface area contributed by atoms with Crippen LogP contribution in [0.5, 0.6) is 0 Å². The smallest absolute Gasteiger partial charge is 0.287 e. The Labute approximate surface area is 119 Å². The number of carbonyl (C=O) groups excluding carboxylic acids is 1. The van der Waals surface area contributed by atoms with Crippen LogP contribution in [0.2, 0.25) is 0 Å². The summed E-state index contributed by atoms with van der Waals surface area (Å²) in [7, 11) is 0. The third-order valence-corrected chi connectivity index (χ3v) is 2.92. The minimum Gasteiger partial charge on any atom is -0.396 e. The summed E-state index contributed by atoms with van der Waals surface area (Å²) < 4.78 is 14.5. The average Bonchev–Trinajstić information content (AvgIpc) is 2.87. The lowest BCUT2D eigenvalue weighted by atomic mass is 10.2. The number of carbonyl (C=O) groups is 1. The van der Waals surface area contributed by atoms with Crippen LogP contribution in [0.15, 0.2) is 30.5 Å². The topological polar surface area (TPSA) is 103 Å². The first kappa shape index (κ1) is 14.5. The minimum atomic E-state index is -0.583. The summed E-state index contributed by atoms with van der Waals surface area (Å²) >= 11 is 0. The van der Waals surface area contributed by atoms with Gasteiger partial charge in [-0.3, -0.25) is 14.9 Å². The zero-order valence-corrected chi connectivity index (χ0v) is 11.2. The van der Waals surface area contributed by atoms with Gasteiger partial charge in [-0.15, -0.1) is 0 Å². The molecule has 1 aromatic heterocycles. The van der Waals surface area contributed by atoms with Crippen molar-refractivity contribution >= 4 is 23.0 Å². The summed E-state index contributed by atoms with van der Waals surface area (Å²) in [6.45, 7) is 2.17. The molecule has 1 aromatic carbocycles. The SMILES string of the molecule is CCn1cc([N+](=O)[O-])cc1C(=O)Nc1ccc(F)c(N)c1. The van der Waals surface area contributed by atoms with Crippen molar-refractivity contribution in [1.29, 1.82) is 0 Å². The molecule has 0 bridgehead atoms. The lowest BCUT2D eigenvalue weighted by Gasteiger charge is -2.08. The van der Waals surface area contributed by atoms with Crippen LogP contribution in [0.3, 0.4) is 0 Å². The van der Waals surface area contributed by atoms with E-state index in [1.165, 1.54) is 29.0 Å². The van der Waals surface area contributed by atoms with E-state index in [2.05, 4.69) is 5.32 Å². The number of nitrogens with zero attached hydrogens (tertiary/aromatic N) is 2. The highest BCUT2D eigenvalue weighted by Crippen LogP contribution is 2.20. The van der Waals surface area contributed by atoms with Crippen LogP contribution in [-0.4, -0.2) is 15.4 Å². The van der Waals surface area contributed by atoms with E-state index in [9.17, 15) is 19.3 Å². The first-order valence-electron chi connectivity index (χ1n) is 6.13. The molecule has 0 unspecified atom stereocenters. The van der Waals surface area contributed by atoms with Crippen LogP contribution in [0.1, 0.15) is 17.4 Å². The molecule has 1 amide bonds. The Hall–Kier alpha value is -2.90. The number of aromatic nitrogens is 1. The third kappa shape index (κ3) is 2.99. The first-order valence-corrected chi connectivity index (χ1v) is 6.13. The van der Waals surface area contributed by atoms with Crippen LogP contribution in [0.4, 0.5) is 21.5 Å². The number of rotatable bonds is 4. The molecule has 2 aromatic rings. The van der Waals surface area contributed by atoms with Crippen molar-refractivity contribution in [1.82, 2.24) is 4.57 Å². The van der Waals surface area contributed by atoms with E-state index in [4.69, 9.17) is 5.73 Å². The Morgan fingerprint density at radius 3 is 2.76 bits per heavy atom. The molecule has 0 saturated carbocycles. The molecule has 7 nitrogen and oxygen atoms in total. The normalized spacial score (nSPS) is 10.4. The summed E-state index contributed by atoms with van der Waals surface area (Å²) in [4.78, 5) is 22.3. The Morgan fingerprint density at radius 2 is 2.19 bits per heavy atom. The molecule has 0 aliphatic carbocycles. The molecule has 110 valence electrons. The summed E-state index contributed by atoms with van der Waals surface area (Å²) in [5.41, 5.74) is 5.61. The van der Waals surface area contributed by atoms with Crippen molar-refractivity contribution in [2.24, 2.45) is 0 Å². The number of hydrogen-bond donors (Lipinski definition) is 2. The fraction of sp³-hybridized carbons (Fsp3) is 0.154. The molecule has 3 N–H and O–H groups in total. The van der Waals surface area contributed by atoms with Gasteiger partial charge < -0.3 is 15.6 Å². The fourth-order valence-electron chi connectivity index (χ4n) is 1.86. The molecule has 0 saturated heterocycles. The number of anilines is 2. The van der Waals surface area contributed by atoms with E-state index in [1.807, 2.05) is 0 Å². The maximum atomic E-state index is 13.1. The zero-order chi connectivity index (χ0) is 15.6. The number of nitro groups is 1. The average molecular weight is 292 g/mol. The summed E-state index contributed by atoms with van der Waals surface area (Å²) in [6.07, 6.45) is 1.29. The largest absolute Gasteiger partial charge is 0.396 e. The van der Waals surface area contributed by atoms with Crippen molar-refractivity contribution in [2.75, 3.05) is 11.1 Å². The molecule has 0 radical (unpaired) electrons. The predicted molar refractivity (Wildman–Crippen MR) is 75.5 cm³/mol. The predicted octanol–water partition coefficient (Wildman–Crippen LogP) is 2.39. The second kappa shape index (κ2) is 5.61. The van der Waals surface area contributed by atoms with Gasteiger partial charge in [-0.05, 0) is 25.1 Å². The zero-order valence-electron chi connectivity index (χ0n) is 11.2. The molecule has 21 heavy (non-hydrogen) atoms. The first-order chi connectivity index (χ1) is 9.92.